The smallest absolute Gasteiger partial charge is 0.289 e. The van der Waals surface area contributed by atoms with Crippen molar-refractivity contribution in [2.75, 3.05) is 11.9 Å². The van der Waals surface area contributed by atoms with Crippen LogP contribution in [0.1, 0.15) is 5.56 Å². The molecule has 2 saturated heterocycles. The van der Waals surface area contributed by atoms with Crippen LogP contribution in [0.2, 0.25) is 0 Å². The minimum absolute atomic E-state index is 0.442. The molecule has 0 bridgehead atoms. The predicted octanol–water partition coefficient (Wildman–Crippen LogP) is 1.35. The lowest BCUT2D eigenvalue weighted by molar-refractivity contribution is -0.131. The number of nitrogens with zero attached hydrogens (tertiary/aromatic N) is 1. The third kappa shape index (κ3) is 3.69. The number of anilines is 1. The molecule has 8 nitrogen and oxygen atoms in total. The summed E-state index contributed by atoms with van der Waals surface area (Å²) in [5.41, 5.74) is 1.51. The van der Waals surface area contributed by atoms with E-state index in [4.69, 9.17) is 0 Å². The first-order valence-electron chi connectivity index (χ1n) is 7.25. The van der Waals surface area contributed by atoms with Crippen LogP contribution in [0.15, 0.2) is 24.3 Å². The number of nitrogens with one attached hydrogen (secondary N) is 2. The van der Waals surface area contributed by atoms with E-state index < -0.39 is 45.2 Å². The molecule has 1 aromatic carbocycles. The Morgan fingerprint density at radius 3 is 2.60 bits per heavy atom. The first-order valence-corrected chi connectivity index (χ1v) is 9.01. The van der Waals surface area contributed by atoms with Crippen molar-refractivity contribution in [2.24, 2.45) is 0 Å². The van der Waals surface area contributed by atoms with E-state index in [1.165, 1.54) is 0 Å². The molecule has 2 heterocycles. The van der Waals surface area contributed by atoms with Gasteiger partial charge < -0.3 is 5.32 Å². The van der Waals surface area contributed by atoms with Gasteiger partial charge in [-0.2, -0.15) is 0 Å². The Morgan fingerprint density at radius 2 is 1.96 bits per heavy atom. The van der Waals surface area contributed by atoms with E-state index >= 15 is 0 Å². The molecule has 0 aromatic heterocycles. The largest absolute Gasteiger partial charge is 0.325 e. The monoisotopic (exact) mass is 379 g/mol. The van der Waals surface area contributed by atoms with E-state index in [0.717, 1.165) is 10.5 Å². The van der Waals surface area contributed by atoms with Gasteiger partial charge in [0.25, 0.3) is 10.5 Å². The highest BCUT2D eigenvalue weighted by atomic mass is 32.2. The van der Waals surface area contributed by atoms with Gasteiger partial charge in [-0.05, 0) is 48.1 Å². The Labute approximate surface area is 151 Å². The fourth-order valence-corrected chi connectivity index (χ4v) is 4.54. The number of rotatable bonds is 4. The number of aryl methyl sites for hydroxylation is 1. The van der Waals surface area contributed by atoms with Crippen LogP contribution in [0.3, 0.4) is 0 Å². The van der Waals surface area contributed by atoms with Crippen LogP contribution >= 0.6 is 23.5 Å². The van der Waals surface area contributed by atoms with E-state index in [0.29, 0.717) is 29.2 Å². The molecule has 2 N–H and O–H groups in total. The zero-order chi connectivity index (χ0) is 18.1. The number of thioether (sulfide) groups is 2. The first-order chi connectivity index (χ1) is 11.8. The number of hydrogen-bond acceptors (Lipinski definition) is 7. The molecule has 10 heteroatoms. The fraction of sp³-hybridized carbons (Fsp3) is 0.267. The van der Waals surface area contributed by atoms with E-state index in [2.05, 4.69) is 10.6 Å². The molecule has 0 aliphatic carbocycles. The summed E-state index contributed by atoms with van der Waals surface area (Å²) in [5, 5.41) is 1.58. The molecule has 2 atom stereocenters. The minimum atomic E-state index is -1.00. The number of carbonyl (C=O) groups excluding carboxylic acids is 5. The Kier molecular flexibility index (Phi) is 4.82. The maximum atomic E-state index is 12.4. The Morgan fingerprint density at radius 1 is 1.20 bits per heavy atom. The molecule has 2 aliphatic heterocycles. The highest BCUT2D eigenvalue weighted by Gasteiger charge is 2.50. The number of amides is 5. The Hall–Kier alpha value is -2.33. The summed E-state index contributed by atoms with van der Waals surface area (Å²) in [5.74, 6) is -1.76. The Bertz CT molecular complexity index is 797. The van der Waals surface area contributed by atoms with Crippen molar-refractivity contribution >= 4 is 57.4 Å². The second kappa shape index (κ2) is 6.89. The van der Waals surface area contributed by atoms with Crippen molar-refractivity contribution in [3.8, 4) is 0 Å². The summed E-state index contributed by atoms with van der Waals surface area (Å²) in [6.45, 7) is 1.43. The van der Waals surface area contributed by atoms with Crippen molar-refractivity contribution < 1.29 is 24.0 Å². The third-order valence-corrected chi connectivity index (χ3v) is 5.93. The van der Waals surface area contributed by atoms with E-state index in [1.54, 1.807) is 18.2 Å². The number of imide groups is 2. The fourth-order valence-electron chi connectivity index (χ4n) is 2.44. The lowest BCUT2D eigenvalue weighted by atomic mass is 10.2. The van der Waals surface area contributed by atoms with Gasteiger partial charge >= 0.3 is 0 Å². The van der Waals surface area contributed by atoms with Crippen LogP contribution in [0.25, 0.3) is 0 Å². The molecule has 0 saturated carbocycles. The second-order valence-electron chi connectivity index (χ2n) is 5.46. The molecule has 25 heavy (non-hydrogen) atoms. The maximum Gasteiger partial charge on any atom is 0.289 e. The molecule has 0 radical (unpaired) electrons. The van der Waals surface area contributed by atoms with Crippen LogP contribution in [0.5, 0.6) is 0 Å². The summed E-state index contributed by atoms with van der Waals surface area (Å²) in [4.78, 5) is 60.3. The average molecular weight is 379 g/mol. The highest BCUT2D eigenvalue weighted by Crippen LogP contribution is 2.36. The topological polar surface area (TPSA) is 113 Å². The molecule has 2 aliphatic rings. The average Bonchev–Trinajstić information content (AvgIpc) is 3.00. The summed E-state index contributed by atoms with van der Waals surface area (Å²) in [7, 11) is 0. The quantitative estimate of drug-likeness (QED) is 0.812. The molecule has 130 valence electrons. The van der Waals surface area contributed by atoms with Crippen molar-refractivity contribution in [3.05, 3.63) is 29.8 Å². The van der Waals surface area contributed by atoms with Gasteiger partial charge in [0, 0.05) is 5.69 Å². The zero-order valence-corrected chi connectivity index (χ0v) is 14.6. The van der Waals surface area contributed by atoms with Gasteiger partial charge in [-0.1, -0.05) is 12.1 Å². The van der Waals surface area contributed by atoms with Crippen LogP contribution < -0.4 is 10.6 Å². The first kappa shape index (κ1) is 17.5. The molecule has 2 fully saturated rings. The summed E-state index contributed by atoms with van der Waals surface area (Å²) < 4.78 is 0. The van der Waals surface area contributed by atoms with E-state index in [-0.39, 0.29) is 0 Å². The SMILES string of the molecule is Cc1cccc(NC(=O)CN2C(=O)S[C@@H]([C@H]3SC(=O)NC3=O)C2=O)c1. The second-order valence-corrected chi connectivity index (χ2v) is 7.67. The molecule has 5 amide bonds. The van der Waals surface area contributed by atoms with Crippen LogP contribution in [-0.4, -0.2) is 50.1 Å². The zero-order valence-electron chi connectivity index (χ0n) is 13.0. The summed E-state index contributed by atoms with van der Waals surface area (Å²) in [6, 6.07) is 7.10. The van der Waals surface area contributed by atoms with Crippen molar-refractivity contribution in [1.29, 1.82) is 0 Å². The lowest BCUT2D eigenvalue weighted by Crippen LogP contribution is -2.42. The molecule has 1 aromatic rings. The minimum Gasteiger partial charge on any atom is -0.325 e. The maximum absolute atomic E-state index is 12.4. The van der Waals surface area contributed by atoms with E-state index in [9.17, 15) is 24.0 Å². The van der Waals surface area contributed by atoms with Gasteiger partial charge in [0.1, 0.15) is 17.0 Å². The summed E-state index contributed by atoms with van der Waals surface area (Å²) >= 11 is 1.34. The molecular formula is C15H13N3O5S2. The standard InChI is InChI=1S/C15H13N3O5S2/c1-7-3-2-4-8(5-7)16-9(19)6-18-13(21)11(25-15(18)23)10-12(20)17-14(22)24-10/h2-5,10-11H,6H2,1H3,(H,16,19)(H,17,20,22)/t10-,11+/m1/s1. The van der Waals surface area contributed by atoms with Crippen molar-refractivity contribution in [2.45, 2.75) is 17.4 Å². The predicted molar refractivity (Wildman–Crippen MR) is 93.2 cm³/mol. The van der Waals surface area contributed by atoms with Crippen molar-refractivity contribution in [3.63, 3.8) is 0 Å². The number of hydrogen-bond donors (Lipinski definition) is 2. The number of benzene rings is 1. The lowest BCUT2D eigenvalue weighted by Gasteiger charge is -2.15. The number of carbonyl (C=O) groups is 5. The third-order valence-electron chi connectivity index (χ3n) is 3.55. The highest BCUT2D eigenvalue weighted by molar-refractivity contribution is 8.19. The molecule has 3 rings (SSSR count). The van der Waals surface area contributed by atoms with Gasteiger partial charge in [-0.3, -0.25) is 34.2 Å². The Balaban J connectivity index is 1.65. The molecule has 0 unspecified atom stereocenters. The summed E-state index contributed by atoms with van der Waals surface area (Å²) in [6.07, 6.45) is 0. The van der Waals surface area contributed by atoms with Crippen LogP contribution in [0.4, 0.5) is 15.3 Å². The van der Waals surface area contributed by atoms with Gasteiger partial charge in [-0.15, -0.1) is 0 Å². The molecule has 0 spiro atoms. The van der Waals surface area contributed by atoms with Gasteiger partial charge in [0.2, 0.25) is 17.7 Å². The van der Waals surface area contributed by atoms with Gasteiger partial charge in [0.15, 0.2) is 0 Å². The van der Waals surface area contributed by atoms with Crippen LogP contribution in [0, 0.1) is 6.92 Å². The van der Waals surface area contributed by atoms with Gasteiger partial charge in [0.05, 0.1) is 0 Å². The normalized spacial score (nSPS) is 23.2. The molecular weight excluding hydrogens is 366 g/mol. The van der Waals surface area contributed by atoms with Crippen molar-refractivity contribution in [1.82, 2.24) is 10.2 Å². The van der Waals surface area contributed by atoms with Crippen LogP contribution in [-0.2, 0) is 14.4 Å². The van der Waals surface area contributed by atoms with Gasteiger partial charge in [-0.25, -0.2) is 0 Å². The van der Waals surface area contributed by atoms with E-state index in [1.807, 2.05) is 13.0 Å².